The molecule has 1 N–H and O–H groups in total. The van der Waals surface area contributed by atoms with Gasteiger partial charge in [-0.05, 0) is 43.7 Å². The van der Waals surface area contributed by atoms with Crippen LogP contribution in [0.15, 0.2) is 41.3 Å². The second kappa shape index (κ2) is 7.69. The molecule has 0 aliphatic carbocycles. The number of carbonyl (C=O) groups excluding carboxylic acids is 1. The minimum atomic E-state index is -3.60. The number of anilines is 1. The van der Waals surface area contributed by atoms with Crippen molar-refractivity contribution in [3.8, 4) is 17.2 Å². The highest BCUT2D eigenvalue weighted by Crippen LogP contribution is 2.35. The van der Waals surface area contributed by atoms with E-state index < -0.39 is 22.0 Å². The lowest BCUT2D eigenvalue weighted by Crippen LogP contribution is -2.30. The van der Waals surface area contributed by atoms with Gasteiger partial charge in [0.25, 0.3) is 5.91 Å². The summed E-state index contributed by atoms with van der Waals surface area (Å²) in [5.74, 6) is 1.24. The fourth-order valence-corrected chi connectivity index (χ4v) is 3.48. The number of benzene rings is 2. The standard InChI is InChI=1S/C19H22N2O6S/c1-12-5-7-15(28(23,24)21(3)4)10-16(12)20-19(22)13(2)27-14-6-8-17-18(9-14)26-11-25-17/h5-10,13H,11H2,1-4H3,(H,20,22). The molecule has 1 heterocycles. The molecule has 1 aliphatic heterocycles. The zero-order chi connectivity index (χ0) is 20.5. The summed E-state index contributed by atoms with van der Waals surface area (Å²) in [7, 11) is -0.695. The van der Waals surface area contributed by atoms with Crippen LogP contribution in [0.2, 0.25) is 0 Å². The van der Waals surface area contributed by atoms with E-state index in [0.29, 0.717) is 22.9 Å². The molecule has 0 saturated heterocycles. The quantitative estimate of drug-likeness (QED) is 0.792. The van der Waals surface area contributed by atoms with Crippen LogP contribution in [0.4, 0.5) is 5.69 Å². The maximum atomic E-state index is 12.5. The molecule has 0 spiro atoms. The lowest BCUT2D eigenvalue weighted by atomic mass is 10.2. The SMILES string of the molecule is Cc1ccc(S(=O)(=O)N(C)C)cc1NC(=O)C(C)Oc1ccc2c(c1)OCO2. The fourth-order valence-electron chi connectivity index (χ4n) is 2.55. The Balaban J connectivity index is 1.73. The zero-order valence-electron chi connectivity index (χ0n) is 16.1. The van der Waals surface area contributed by atoms with Gasteiger partial charge < -0.3 is 19.5 Å². The summed E-state index contributed by atoms with van der Waals surface area (Å²) >= 11 is 0. The van der Waals surface area contributed by atoms with Crippen molar-refractivity contribution < 1.29 is 27.4 Å². The number of amides is 1. The molecular weight excluding hydrogens is 384 g/mol. The van der Waals surface area contributed by atoms with Crippen molar-refractivity contribution in [3.63, 3.8) is 0 Å². The van der Waals surface area contributed by atoms with Gasteiger partial charge >= 0.3 is 0 Å². The van der Waals surface area contributed by atoms with Crippen LogP contribution in [0.3, 0.4) is 0 Å². The van der Waals surface area contributed by atoms with Crippen LogP contribution in [-0.2, 0) is 14.8 Å². The second-order valence-corrected chi connectivity index (χ2v) is 8.68. The summed E-state index contributed by atoms with van der Waals surface area (Å²) in [6.45, 7) is 3.54. The van der Waals surface area contributed by atoms with E-state index in [9.17, 15) is 13.2 Å². The molecule has 0 bridgehead atoms. The summed E-state index contributed by atoms with van der Waals surface area (Å²) in [5, 5.41) is 2.73. The summed E-state index contributed by atoms with van der Waals surface area (Å²) in [5.41, 5.74) is 1.15. The number of aryl methyl sites for hydroxylation is 1. The van der Waals surface area contributed by atoms with Crippen molar-refractivity contribution in [3.05, 3.63) is 42.0 Å². The van der Waals surface area contributed by atoms with Crippen molar-refractivity contribution in [1.82, 2.24) is 4.31 Å². The molecule has 1 aliphatic rings. The van der Waals surface area contributed by atoms with Crippen LogP contribution >= 0.6 is 0 Å². The van der Waals surface area contributed by atoms with Gasteiger partial charge in [0.15, 0.2) is 17.6 Å². The van der Waals surface area contributed by atoms with E-state index in [4.69, 9.17) is 14.2 Å². The van der Waals surface area contributed by atoms with E-state index in [-0.39, 0.29) is 11.7 Å². The molecule has 9 heteroatoms. The van der Waals surface area contributed by atoms with E-state index in [1.54, 1.807) is 38.1 Å². The zero-order valence-corrected chi connectivity index (χ0v) is 16.9. The minimum absolute atomic E-state index is 0.0998. The Bertz CT molecular complexity index is 1000. The van der Waals surface area contributed by atoms with Crippen LogP contribution in [-0.4, -0.2) is 45.6 Å². The van der Waals surface area contributed by atoms with Crippen LogP contribution < -0.4 is 19.5 Å². The Morgan fingerprint density at radius 1 is 1.14 bits per heavy atom. The van der Waals surface area contributed by atoms with E-state index in [1.807, 2.05) is 0 Å². The number of hydrogen-bond acceptors (Lipinski definition) is 6. The van der Waals surface area contributed by atoms with Gasteiger partial charge in [0.05, 0.1) is 4.90 Å². The van der Waals surface area contributed by atoms with Crippen molar-refractivity contribution in [2.45, 2.75) is 24.8 Å². The number of nitrogens with zero attached hydrogens (tertiary/aromatic N) is 1. The van der Waals surface area contributed by atoms with Crippen molar-refractivity contribution in [2.75, 3.05) is 26.2 Å². The first kappa shape index (κ1) is 20.0. The molecule has 1 amide bonds. The van der Waals surface area contributed by atoms with Crippen LogP contribution in [0, 0.1) is 6.92 Å². The molecule has 150 valence electrons. The number of fused-ring (bicyclic) bond motifs is 1. The van der Waals surface area contributed by atoms with E-state index in [0.717, 1.165) is 9.87 Å². The first-order valence-corrected chi connectivity index (χ1v) is 10.0. The van der Waals surface area contributed by atoms with Crippen molar-refractivity contribution in [2.24, 2.45) is 0 Å². The highest BCUT2D eigenvalue weighted by Gasteiger charge is 2.21. The number of rotatable bonds is 6. The Labute approximate surface area is 164 Å². The second-order valence-electron chi connectivity index (χ2n) is 6.53. The van der Waals surface area contributed by atoms with Crippen LogP contribution in [0.25, 0.3) is 0 Å². The summed E-state index contributed by atoms with van der Waals surface area (Å²) in [6, 6.07) is 9.65. The predicted octanol–water partition coefficient (Wildman–Crippen LogP) is 2.38. The predicted molar refractivity (Wildman–Crippen MR) is 103 cm³/mol. The number of hydrogen-bond donors (Lipinski definition) is 1. The third-order valence-electron chi connectivity index (χ3n) is 4.27. The van der Waals surface area contributed by atoms with Crippen molar-refractivity contribution in [1.29, 1.82) is 0 Å². The van der Waals surface area contributed by atoms with Crippen molar-refractivity contribution >= 4 is 21.6 Å². The molecular formula is C19H22N2O6S. The topological polar surface area (TPSA) is 94.2 Å². The molecule has 1 atom stereocenters. The Kier molecular flexibility index (Phi) is 5.48. The Hall–Kier alpha value is -2.78. The smallest absolute Gasteiger partial charge is 0.265 e. The molecule has 8 nitrogen and oxygen atoms in total. The lowest BCUT2D eigenvalue weighted by Gasteiger charge is -2.17. The summed E-state index contributed by atoms with van der Waals surface area (Å²) in [6.07, 6.45) is -0.811. The number of carbonyl (C=O) groups is 1. The molecule has 3 rings (SSSR count). The van der Waals surface area contributed by atoms with Gasteiger partial charge in [-0.1, -0.05) is 6.07 Å². The van der Waals surface area contributed by atoms with Gasteiger partial charge in [0.1, 0.15) is 5.75 Å². The Morgan fingerprint density at radius 2 is 1.86 bits per heavy atom. The fraction of sp³-hybridized carbons (Fsp3) is 0.316. The molecule has 0 aromatic heterocycles. The number of nitrogens with one attached hydrogen (secondary N) is 1. The summed E-state index contributed by atoms with van der Waals surface area (Å²) in [4.78, 5) is 12.6. The molecule has 2 aromatic rings. The molecule has 28 heavy (non-hydrogen) atoms. The van der Waals surface area contributed by atoms with Gasteiger partial charge in [-0.25, -0.2) is 12.7 Å². The van der Waals surface area contributed by atoms with Gasteiger partial charge in [-0.15, -0.1) is 0 Å². The maximum absolute atomic E-state index is 12.5. The first-order chi connectivity index (χ1) is 13.2. The molecule has 0 fully saturated rings. The highest BCUT2D eigenvalue weighted by atomic mass is 32.2. The lowest BCUT2D eigenvalue weighted by molar-refractivity contribution is -0.122. The normalized spacial score (nSPS) is 14.0. The average molecular weight is 406 g/mol. The molecule has 1 unspecified atom stereocenters. The Morgan fingerprint density at radius 3 is 2.57 bits per heavy atom. The summed E-state index contributed by atoms with van der Waals surface area (Å²) < 4.78 is 42.0. The molecule has 0 radical (unpaired) electrons. The third-order valence-corrected chi connectivity index (χ3v) is 6.08. The van der Waals surface area contributed by atoms with Crippen LogP contribution in [0.1, 0.15) is 12.5 Å². The third kappa shape index (κ3) is 4.05. The molecule has 0 saturated carbocycles. The number of ether oxygens (including phenoxy) is 3. The van der Waals surface area contributed by atoms with E-state index >= 15 is 0 Å². The minimum Gasteiger partial charge on any atom is -0.481 e. The largest absolute Gasteiger partial charge is 0.481 e. The number of sulfonamides is 1. The first-order valence-electron chi connectivity index (χ1n) is 8.59. The molecule has 2 aromatic carbocycles. The average Bonchev–Trinajstić information content (AvgIpc) is 3.10. The van der Waals surface area contributed by atoms with Crippen LogP contribution in [0.5, 0.6) is 17.2 Å². The van der Waals surface area contributed by atoms with Gasteiger partial charge in [0.2, 0.25) is 16.8 Å². The van der Waals surface area contributed by atoms with Gasteiger partial charge in [-0.2, -0.15) is 0 Å². The van der Waals surface area contributed by atoms with Gasteiger partial charge in [-0.3, -0.25) is 4.79 Å². The van der Waals surface area contributed by atoms with E-state index in [2.05, 4.69) is 5.32 Å². The monoisotopic (exact) mass is 406 g/mol. The maximum Gasteiger partial charge on any atom is 0.265 e. The van der Waals surface area contributed by atoms with Gasteiger partial charge in [0, 0.05) is 25.8 Å². The highest BCUT2D eigenvalue weighted by molar-refractivity contribution is 7.89. The van der Waals surface area contributed by atoms with E-state index in [1.165, 1.54) is 26.2 Å².